The molecule has 25 heavy (non-hydrogen) atoms. The summed E-state index contributed by atoms with van der Waals surface area (Å²) in [6.07, 6.45) is 5.00. The topological polar surface area (TPSA) is 67.6 Å². The van der Waals surface area contributed by atoms with Crippen LogP contribution in [0.1, 0.15) is 43.7 Å². The second-order valence-corrected chi connectivity index (χ2v) is 6.08. The first-order valence-corrected chi connectivity index (χ1v) is 8.59. The summed E-state index contributed by atoms with van der Waals surface area (Å²) in [4.78, 5) is 14.4. The molecule has 1 unspecified atom stereocenters. The number of rotatable bonds is 8. The highest BCUT2D eigenvalue weighted by atomic mass is 35.5. The number of ether oxygens (including phenoxy) is 1. The first-order valence-electron chi connectivity index (χ1n) is 8.59. The van der Waals surface area contributed by atoms with Gasteiger partial charge in [0.1, 0.15) is 5.75 Å². The Kier molecular flexibility index (Phi) is 12.7. The number of likely N-dealkylation sites (tertiary alicyclic amines) is 1. The molecule has 0 aromatic heterocycles. The van der Waals surface area contributed by atoms with Crippen LogP contribution in [0.15, 0.2) is 24.3 Å². The molecule has 1 aromatic carbocycles. The Morgan fingerprint density at radius 3 is 2.40 bits per heavy atom. The van der Waals surface area contributed by atoms with Gasteiger partial charge in [-0.05, 0) is 56.6 Å². The zero-order valence-electron chi connectivity index (χ0n) is 14.9. The molecule has 1 atom stereocenters. The van der Waals surface area contributed by atoms with E-state index in [0.29, 0.717) is 19.5 Å². The maximum atomic E-state index is 11.9. The Hall–Kier alpha value is -1.01. The molecule has 0 bridgehead atoms. The van der Waals surface area contributed by atoms with E-state index in [4.69, 9.17) is 10.5 Å². The van der Waals surface area contributed by atoms with E-state index in [2.05, 4.69) is 22.3 Å². The molecule has 1 aliphatic rings. The third-order valence-electron chi connectivity index (χ3n) is 4.43. The molecular formula is C18H31Cl2N3O2. The van der Waals surface area contributed by atoms with E-state index < -0.39 is 0 Å². The molecule has 1 aliphatic heterocycles. The van der Waals surface area contributed by atoms with E-state index in [0.717, 1.165) is 25.3 Å². The van der Waals surface area contributed by atoms with Gasteiger partial charge in [-0.3, -0.25) is 9.69 Å². The second-order valence-electron chi connectivity index (χ2n) is 6.08. The predicted molar refractivity (Wildman–Crippen MR) is 107 cm³/mol. The molecule has 0 spiro atoms. The lowest BCUT2D eigenvalue weighted by molar-refractivity contribution is -0.121. The Labute approximate surface area is 163 Å². The maximum absolute atomic E-state index is 11.9. The molecule has 0 radical (unpaired) electrons. The number of halogens is 2. The van der Waals surface area contributed by atoms with Crippen molar-refractivity contribution in [1.82, 2.24) is 10.2 Å². The first kappa shape index (κ1) is 24.0. The third kappa shape index (κ3) is 7.82. The zero-order valence-corrected chi connectivity index (χ0v) is 16.5. The second kappa shape index (κ2) is 13.2. The van der Waals surface area contributed by atoms with Gasteiger partial charge in [0, 0.05) is 13.0 Å². The Morgan fingerprint density at radius 1 is 1.20 bits per heavy atom. The number of nitrogens with two attached hydrogens (primary N) is 1. The van der Waals surface area contributed by atoms with Gasteiger partial charge in [0.2, 0.25) is 5.91 Å². The van der Waals surface area contributed by atoms with Crippen molar-refractivity contribution in [2.45, 2.75) is 38.1 Å². The van der Waals surface area contributed by atoms with E-state index in [1.807, 2.05) is 12.1 Å². The summed E-state index contributed by atoms with van der Waals surface area (Å²) in [5.74, 6) is 0.948. The van der Waals surface area contributed by atoms with Crippen molar-refractivity contribution in [3.63, 3.8) is 0 Å². The monoisotopic (exact) mass is 391 g/mol. The van der Waals surface area contributed by atoms with E-state index in [1.165, 1.54) is 24.8 Å². The van der Waals surface area contributed by atoms with Crippen molar-refractivity contribution in [3.8, 4) is 5.75 Å². The lowest BCUT2D eigenvalue weighted by atomic mass is 10.0. The highest BCUT2D eigenvalue weighted by Gasteiger charge is 2.22. The first-order chi connectivity index (χ1) is 11.2. The molecule has 1 fully saturated rings. The number of benzene rings is 1. The van der Waals surface area contributed by atoms with E-state index in [1.54, 1.807) is 7.11 Å². The Morgan fingerprint density at radius 2 is 1.84 bits per heavy atom. The number of nitrogens with zero attached hydrogens (tertiary/aromatic N) is 1. The van der Waals surface area contributed by atoms with E-state index in [9.17, 15) is 4.79 Å². The number of piperidine rings is 1. The molecule has 7 heteroatoms. The van der Waals surface area contributed by atoms with Crippen LogP contribution >= 0.6 is 24.8 Å². The van der Waals surface area contributed by atoms with Crippen molar-refractivity contribution in [2.24, 2.45) is 5.73 Å². The molecule has 5 nitrogen and oxygen atoms in total. The van der Waals surface area contributed by atoms with Crippen molar-refractivity contribution in [1.29, 1.82) is 0 Å². The smallest absolute Gasteiger partial charge is 0.220 e. The van der Waals surface area contributed by atoms with Gasteiger partial charge < -0.3 is 15.8 Å². The normalized spacial score (nSPS) is 15.4. The molecule has 1 aromatic rings. The molecule has 2 rings (SSSR count). The van der Waals surface area contributed by atoms with Crippen LogP contribution in [0.4, 0.5) is 0 Å². The third-order valence-corrected chi connectivity index (χ3v) is 4.43. The SMILES string of the molecule is COc1ccc(C(CNC(=O)CCCN)N2CCCCC2)cc1.Cl.Cl. The van der Waals surface area contributed by atoms with Crippen LogP contribution in [0, 0.1) is 0 Å². The molecule has 1 heterocycles. The van der Waals surface area contributed by atoms with Gasteiger partial charge >= 0.3 is 0 Å². The van der Waals surface area contributed by atoms with Crippen LogP contribution in [0.3, 0.4) is 0 Å². The lowest BCUT2D eigenvalue weighted by Gasteiger charge is -2.35. The largest absolute Gasteiger partial charge is 0.497 e. The average Bonchev–Trinajstić information content (AvgIpc) is 2.61. The summed E-state index contributed by atoms with van der Waals surface area (Å²) < 4.78 is 5.24. The quantitative estimate of drug-likeness (QED) is 0.714. The van der Waals surface area contributed by atoms with Gasteiger partial charge in [0.05, 0.1) is 13.2 Å². The van der Waals surface area contributed by atoms with Crippen molar-refractivity contribution in [3.05, 3.63) is 29.8 Å². The molecular weight excluding hydrogens is 361 g/mol. The number of hydrogen-bond donors (Lipinski definition) is 2. The maximum Gasteiger partial charge on any atom is 0.220 e. The minimum Gasteiger partial charge on any atom is -0.497 e. The molecule has 3 N–H and O–H groups in total. The molecule has 0 aliphatic carbocycles. The van der Waals surface area contributed by atoms with Gasteiger partial charge in [-0.2, -0.15) is 0 Å². The minimum atomic E-state index is 0. The van der Waals surface area contributed by atoms with Gasteiger partial charge in [-0.1, -0.05) is 18.6 Å². The minimum absolute atomic E-state index is 0. The predicted octanol–water partition coefficient (Wildman–Crippen LogP) is 2.92. The summed E-state index contributed by atoms with van der Waals surface area (Å²) in [7, 11) is 1.68. The van der Waals surface area contributed by atoms with Crippen LogP contribution in [0.2, 0.25) is 0 Å². The fourth-order valence-corrected chi connectivity index (χ4v) is 3.08. The number of hydrogen-bond acceptors (Lipinski definition) is 4. The van der Waals surface area contributed by atoms with Gasteiger partial charge in [-0.25, -0.2) is 0 Å². The van der Waals surface area contributed by atoms with Crippen LogP contribution in [-0.2, 0) is 4.79 Å². The number of carbonyl (C=O) groups excluding carboxylic acids is 1. The Bertz CT molecular complexity index is 480. The number of methoxy groups -OCH3 is 1. The summed E-state index contributed by atoms with van der Waals surface area (Å²) in [5.41, 5.74) is 6.70. The standard InChI is InChI=1S/C18H29N3O2.2ClH/c1-23-16-9-7-15(8-10-16)17(21-12-3-2-4-13-21)14-20-18(22)6-5-11-19;;/h7-10,17H,2-6,11-14,19H2,1H3,(H,20,22);2*1H. The number of nitrogens with one attached hydrogen (secondary N) is 1. The molecule has 0 saturated carbocycles. The van der Waals surface area contributed by atoms with Gasteiger partial charge in [-0.15, -0.1) is 24.8 Å². The van der Waals surface area contributed by atoms with Crippen molar-refractivity contribution >= 4 is 30.7 Å². The molecule has 1 saturated heterocycles. The average molecular weight is 392 g/mol. The van der Waals surface area contributed by atoms with Crippen molar-refractivity contribution in [2.75, 3.05) is 33.3 Å². The van der Waals surface area contributed by atoms with Gasteiger partial charge in [0.25, 0.3) is 0 Å². The van der Waals surface area contributed by atoms with E-state index >= 15 is 0 Å². The molecule has 1 amide bonds. The summed E-state index contributed by atoms with van der Waals surface area (Å²) in [6.45, 7) is 3.39. The molecule has 144 valence electrons. The summed E-state index contributed by atoms with van der Waals surface area (Å²) >= 11 is 0. The summed E-state index contributed by atoms with van der Waals surface area (Å²) in [5, 5.41) is 3.07. The van der Waals surface area contributed by atoms with Crippen LogP contribution in [-0.4, -0.2) is 44.1 Å². The van der Waals surface area contributed by atoms with E-state index in [-0.39, 0.29) is 36.8 Å². The highest BCUT2D eigenvalue weighted by molar-refractivity contribution is 5.85. The fourth-order valence-electron chi connectivity index (χ4n) is 3.08. The van der Waals surface area contributed by atoms with Crippen LogP contribution in [0.25, 0.3) is 0 Å². The highest BCUT2D eigenvalue weighted by Crippen LogP contribution is 2.25. The van der Waals surface area contributed by atoms with Crippen molar-refractivity contribution < 1.29 is 9.53 Å². The van der Waals surface area contributed by atoms with Crippen LogP contribution < -0.4 is 15.8 Å². The zero-order chi connectivity index (χ0) is 16.5. The Balaban J connectivity index is 0.00000288. The fraction of sp³-hybridized carbons (Fsp3) is 0.611. The van der Waals surface area contributed by atoms with Crippen LogP contribution in [0.5, 0.6) is 5.75 Å². The lowest BCUT2D eigenvalue weighted by Crippen LogP contribution is -2.40. The number of amides is 1. The number of carbonyl (C=O) groups is 1. The van der Waals surface area contributed by atoms with Gasteiger partial charge in [0.15, 0.2) is 0 Å². The summed E-state index contributed by atoms with van der Waals surface area (Å²) in [6, 6.07) is 8.40.